The van der Waals surface area contributed by atoms with Gasteiger partial charge in [0.1, 0.15) is 17.4 Å². The number of hydrogen-bond donors (Lipinski definition) is 2. The van der Waals surface area contributed by atoms with E-state index in [-0.39, 0.29) is 18.1 Å². The fourth-order valence-electron chi connectivity index (χ4n) is 2.60. The van der Waals surface area contributed by atoms with E-state index in [1.54, 1.807) is 31.4 Å². The van der Waals surface area contributed by atoms with Crippen LogP contribution in [0.15, 0.2) is 60.7 Å². The highest BCUT2D eigenvalue weighted by Gasteiger charge is 2.06. The van der Waals surface area contributed by atoms with Gasteiger partial charge in [-0.2, -0.15) is 0 Å². The molecule has 1 aromatic heterocycles. The Morgan fingerprint density at radius 3 is 2.21 bits per heavy atom. The average molecular weight is 380 g/mol. The molecule has 28 heavy (non-hydrogen) atoms. The van der Waals surface area contributed by atoms with Crippen LogP contribution in [0.3, 0.4) is 0 Å². The molecule has 1 heterocycles. The summed E-state index contributed by atoms with van der Waals surface area (Å²) in [5.41, 5.74) is 1.91. The first-order chi connectivity index (χ1) is 13.6. The molecule has 0 saturated heterocycles. The molecule has 0 spiro atoms. The van der Waals surface area contributed by atoms with E-state index in [1.807, 2.05) is 24.3 Å². The van der Waals surface area contributed by atoms with Crippen molar-refractivity contribution in [2.75, 3.05) is 24.3 Å². The molecule has 0 radical (unpaired) electrons. The zero-order valence-electron chi connectivity index (χ0n) is 15.5. The summed E-state index contributed by atoms with van der Waals surface area (Å²) in [4.78, 5) is 12.0. The van der Waals surface area contributed by atoms with Crippen molar-refractivity contribution in [1.82, 2.24) is 10.2 Å². The van der Waals surface area contributed by atoms with Gasteiger partial charge in [0, 0.05) is 6.54 Å². The Morgan fingerprint density at radius 2 is 1.57 bits per heavy atom. The van der Waals surface area contributed by atoms with E-state index in [4.69, 9.17) is 4.74 Å². The molecule has 0 saturated carbocycles. The molecule has 0 aliphatic heterocycles. The van der Waals surface area contributed by atoms with E-state index < -0.39 is 0 Å². The third kappa shape index (κ3) is 5.77. The van der Waals surface area contributed by atoms with Crippen LogP contribution in [0, 0.1) is 5.82 Å². The second kappa shape index (κ2) is 9.45. The van der Waals surface area contributed by atoms with Crippen LogP contribution >= 0.6 is 0 Å². The van der Waals surface area contributed by atoms with Crippen LogP contribution in [0.5, 0.6) is 5.75 Å². The summed E-state index contributed by atoms with van der Waals surface area (Å²) in [6.07, 6.45) is 0.978. The van der Waals surface area contributed by atoms with Crippen molar-refractivity contribution in [2.24, 2.45) is 0 Å². The summed E-state index contributed by atoms with van der Waals surface area (Å²) in [6, 6.07) is 17.2. The number of halogens is 1. The number of methoxy groups -OCH3 is 1. The number of rotatable bonds is 8. The third-order valence-corrected chi connectivity index (χ3v) is 4.09. The van der Waals surface area contributed by atoms with E-state index in [2.05, 4.69) is 20.8 Å². The minimum Gasteiger partial charge on any atom is -0.497 e. The fraction of sp³-hybridized carbons (Fsp3) is 0.190. The van der Waals surface area contributed by atoms with Crippen LogP contribution in [0.1, 0.15) is 11.1 Å². The number of benzene rings is 2. The van der Waals surface area contributed by atoms with E-state index >= 15 is 0 Å². The molecule has 2 N–H and O–H groups in total. The molecule has 3 rings (SSSR count). The molecule has 2 aromatic carbocycles. The fourth-order valence-corrected chi connectivity index (χ4v) is 2.60. The standard InChI is InChI=1S/C21H21FN4O2/c1-28-18-8-4-15(5-9-18)12-13-23-19-10-11-20(26-25-19)24-21(27)14-16-2-6-17(22)7-3-16/h2-11H,12-14H2,1H3,(H,23,25)(H,24,26,27). The van der Waals surface area contributed by atoms with Crippen LogP contribution in [-0.4, -0.2) is 29.8 Å². The van der Waals surface area contributed by atoms with Gasteiger partial charge in [-0.15, -0.1) is 10.2 Å². The van der Waals surface area contributed by atoms with Crippen molar-refractivity contribution < 1.29 is 13.9 Å². The first kappa shape index (κ1) is 19.3. The highest BCUT2D eigenvalue weighted by molar-refractivity contribution is 5.91. The van der Waals surface area contributed by atoms with E-state index in [1.165, 1.54) is 17.7 Å². The maximum absolute atomic E-state index is 12.9. The minimum atomic E-state index is -0.329. The topological polar surface area (TPSA) is 76.1 Å². The van der Waals surface area contributed by atoms with Gasteiger partial charge in [0.05, 0.1) is 13.5 Å². The van der Waals surface area contributed by atoms with E-state index in [0.717, 1.165) is 17.7 Å². The number of aromatic nitrogens is 2. The van der Waals surface area contributed by atoms with Crippen LogP contribution in [0.2, 0.25) is 0 Å². The predicted octanol–water partition coefficient (Wildman–Crippen LogP) is 3.46. The molecule has 0 aliphatic carbocycles. The number of ether oxygens (including phenoxy) is 1. The van der Waals surface area contributed by atoms with Gasteiger partial charge < -0.3 is 15.4 Å². The van der Waals surface area contributed by atoms with Crippen LogP contribution in [-0.2, 0) is 17.6 Å². The van der Waals surface area contributed by atoms with Gasteiger partial charge in [-0.05, 0) is 53.9 Å². The molecular weight excluding hydrogens is 359 g/mol. The lowest BCUT2D eigenvalue weighted by Gasteiger charge is -2.07. The lowest BCUT2D eigenvalue weighted by Crippen LogP contribution is -2.16. The molecule has 7 heteroatoms. The summed E-state index contributed by atoms with van der Waals surface area (Å²) in [6.45, 7) is 0.706. The number of anilines is 2. The van der Waals surface area contributed by atoms with Crippen molar-refractivity contribution >= 4 is 17.5 Å². The van der Waals surface area contributed by atoms with Gasteiger partial charge in [-0.25, -0.2) is 4.39 Å². The zero-order valence-corrected chi connectivity index (χ0v) is 15.5. The van der Waals surface area contributed by atoms with Gasteiger partial charge in [-0.3, -0.25) is 4.79 Å². The first-order valence-electron chi connectivity index (χ1n) is 8.87. The highest BCUT2D eigenvalue weighted by atomic mass is 19.1. The Bertz CT molecular complexity index is 897. The van der Waals surface area contributed by atoms with Gasteiger partial charge in [0.15, 0.2) is 5.82 Å². The number of hydrogen-bond acceptors (Lipinski definition) is 5. The molecular formula is C21H21FN4O2. The number of carbonyl (C=O) groups is 1. The Kier molecular flexibility index (Phi) is 6.51. The highest BCUT2D eigenvalue weighted by Crippen LogP contribution is 2.12. The summed E-state index contributed by atoms with van der Waals surface area (Å²) < 4.78 is 18.0. The lowest BCUT2D eigenvalue weighted by molar-refractivity contribution is -0.115. The van der Waals surface area contributed by atoms with Crippen molar-refractivity contribution in [3.05, 3.63) is 77.6 Å². The van der Waals surface area contributed by atoms with Crippen molar-refractivity contribution in [1.29, 1.82) is 0 Å². The molecule has 0 bridgehead atoms. The number of amides is 1. The van der Waals surface area contributed by atoms with Gasteiger partial charge in [0.25, 0.3) is 0 Å². The number of carbonyl (C=O) groups excluding carboxylic acids is 1. The third-order valence-electron chi connectivity index (χ3n) is 4.09. The minimum absolute atomic E-state index is 0.143. The molecule has 3 aromatic rings. The SMILES string of the molecule is COc1ccc(CCNc2ccc(NC(=O)Cc3ccc(F)cc3)nn2)cc1. The molecule has 0 unspecified atom stereocenters. The van der Waals surface area contributed by atoms with Gasteiger partial charge in [0.2, 0.25) is 5.91 Å². The number of nitrogens with zero attached hydrogens (tertiary/aromatic N) is 2. The predicted molar refractivity (Wildman–Crippen MR) is 106 cm³/mol. The Hall–Kier alpha value is -3.48. The normalized spacial score (nSPS) is 10.4. The largest absolute Gasteiger partial charge is 0.497 e. The van der Waals surface area contributed by atoms with E-state index in [9.17, 15) is 9.18 Å². The molecule has 1 amide bonds. The van der Waals surface area contributed by atoms with Crippen molar-refractivity contribution in [3.63, 3.8) is 0 Å². The lowest BCUT2D eigenvalue weighted by atomic mass is 10.1. The van der Waals surface area contributed by atoms with E-state index in [0.29, 0.717) is 18.2 Å². The molecule has 6 nitrogen and oxygen atoms in total. The second-order valence-electron chi connectivity index (χ2n) is 6.18. The number of nitrogens with one attached hydrogen (secondary N) is 2. The molecule has 0 aliphatic rings. The first-order valence-corrected chi connectivity index (χ1v) is 8.87. The molecule has 144 valence electrons. The maximum atomic E-state index is 12.9. The average Bonchev–Trinajstić information content (AvgIpc) is 2.71. The summed E-state index contributed by atoms with van der Waals surface area (Å²) >= 11 is 0. The smallest absolute Gasteiger partial charge is 0.229 e. The van der Waals surface area contributed by atoms with Gasteiger partial charge >= 0.3 is 0 Å². The monoisotopic (exact) mass is 380 g/mol. The van der Waals surface area contributed by atoms with Crippen LogP contribution in [0.4, 0.5) is 16.0 Å². The quantitative estimate of drug-likeness (QED) is 0.626. The maximum Gasteiger partial charge on any atom is 0.229 e. The molecule has 0 atom stereocenters. The van der Waals surface area contributed by atoms with Gasteiger partial charge in [-0.1, -0.05) is 24.3 Å². The van der Waals surface area contributed by atoms with Crippen molar-refractivity contribution in [2.45, 2.75) is 12.8 Å². The van der Waals surface area contributed by atoms with Crippen LogP contribution in [0.25, 0.3) is 0 Å². The summed E-state index contributed by atoms with van der Waals surface area (Å²) in [5, 5.41) is 13.9. The second-order valence-corrected chi connectivity index (χ2v) is 6.18. The van der Waals surface area contributed by atoms with Crippen molar-refractivity contribution in [3.8, 4) is 5.75 Å². The molecule has 0 fully saturated rings. The Labute approximate surface area is 162 Å². The zero-order chi connectivity index (χ0) is 19.8. The summed E-state index contributed by atoms with van der Waals surface area (Å²) in [5.74, 6) is 1.27. The van der Waals surface area contributed by atoms with Crippen LogP contribution < -0.4 is 15.4 Å². The Balaban J connectivity index is 1.44. The summed E-state index contributed by atoms with van der Waals surface area (Å²) in [7, 11) is 1.64. The Morgan fingerprint density at radius 1 is 0.929 bits per heavy atom.